The Morgan fingerprint density at radius 1 is 0.426 bits per heavy atom. The second-order valence-corrected chi connectivity index (χ2v) is 14.4. The molecule has 3 atom stereocenters. The van der Waals surface area contributed by atoms with Gasteiger partial charge in [-0.05, 0) is 31.1 Å². The Bertz CT molecular complexity index is 723. The maximum Gasteiger partial charge on any atom is 0.306 e. The van der Waals surface area contributed by atoms with E-state index in [1.165, 1.54) is 96.3 Å². The van der Waals surface area contributed by atoms with E-state index in [9.17, 15) is 14.4 Å². The topological polar surface area (TPSA) is 78.9 Å². The van der Waals surface area contributed by atoms with Gasteiger partial charge in [-0.2, -0.15) is 0 Å². The molecule has 0 radical (unpaired) electrons. The van der Waals surface area contributed by atoms with Gasteiger partial charge in [0.2, 0.25) is 0 Å². The SMILES string of the molecule is CCCCCCCC(=O)OC[C@@H](COC(=O)CCCCCCCCCCC(C)CC)OC(=O)CCCCCCCCCCC(C)CC. The normalized spacial score (nSPS) is 13.2. The molecule has 0 saturated heterocycles. The summed E-state index contributed by atoms with van der Waals surface area (Å²) in [5.74, 6) is 0.812. The van der Waals surface area contributed by atoms with E-state index in [0.29, 0.717) is 19.3 Å². The van der Waals surface area contributed by atoms with Crippen LogP contribution in [-0.2, 0) is 28.6 Å². The van der Waals surface area contributed by atoms with E-state index in [4.69, 9.17) is 14.2 Å². The van der Waals surface area contributed by atoms with Crippen LogP contribution in [0.1, 0.15) is 214 Å². The highest BCUT2D eigenvalue weighted by Gasteiger charge is 2.19. The van der Waals surface area contributed by atoms with Crippen molar-refractivity contribution in [1.82, 2.24) is 0 Å². The molecular weight excluding hydrogens is 588 g/mol. The number of carbonyl (C=O) groups excluding carboxylic acids is 3. The first-order chi connectivity index (χ1) is 22.8. The molecule has 2 unspecified atom stereocenters. The van der Waals surface area contributed by atoms with Gasteiger partial charge >= 0.3 is 17.9 Å². The van der Waals surface area contributed by atoms with Crippen molar-refractivity contribution in [3.63, 3.8) is 0 Å². The van der Waals surface area contributed by atoms with Gasteiger partial charge < -0.3 is 14.2 Å². The molecule has 0 aliphatic heterocycles. The van der Waals surface area contributed by atoms with Crippen molar-refractivity contribution < 1.29 is 28.6 Å². The van der Waals surface area contributed by atoms with Crippen LogP contribution in [0.4, 0.5) is 0 Å². The molecule has 0 amide bonds. The second kappa shape index (κ2) is 34.3. The van der Waals surface area contributed by atoms with Crippen LogP contribution >= 0.6 is 0 Å². The molecule has 0 spiro atoms. The molecule has 0 fully saturated rings. The predicted octanol–water partition coefficient (Wildman–Crippen LogP) is 12.2. The number of esters is 3. The molecule has 0 rings (SSSR count). The molecular formula is C41H78O6. The van der Waals surface area contributed by atoms with E-state index in [0.717, 1.165) is 76.0 Å². The fourth-order valence-electron chi connectivity index (χ4n) is 5.80. The van der Waals surface area contributed by atoms with Gasteiger partial charge in [0, 0.05) is 19.3 Å². The minimum atomic E-state index is -0.758. The molecule has 47 heavy (non-hydrogen) atoms. The molecule has 0 N–H and O–H groups in total. The van der Waals surface area contributed by atoms with Crippen molar-refractivity contribution in [2.75, 3.05) is 13.2 Å². The monoisotopic (exact) mass is 667 g/mol. The highest BCUT2D eigenvalue weighted by molar-refractivity contribution is 5.71. The largest absolute Gasteiger partial charge is 0.462 e. The van der Waals surface area contributed by atoms with Gasteiger partial charge in [-0.3, -0.25) is 14.4 Å². The molecule has 0 aromatic heterocycles. The average Bonchev–Trinajstić information content (AvgIpc) is 3.07. The van der Waals surface area contributed by atoms with E-state index in [1.807, 2.05) is 0 Å². The quantitative estimate of drug-likeness (QED) is 0.0380. The maximum absolute atomic E-state index is 12.6. The summed E-state index contributed by atoms with van der Waals surface area (Å²) >= 11 is 0. The van der Waals surface area contributed by atoms with Gasteiger partial charge in [-0.25, -0.2) is 0 Å². The van der Waals surface area contributed by atoms with Gasteiger partial charge in [0.15, 0.2) is 6.10 Å². The van der Waals surface area contributed by atoms with Gasteiger partial charge in [0.05, 0.1) is 0 Å². The van der Waals surface area contributed by atoms with Crippen LogP contribution < -0.4 is 0 Å². The molecule has 0 saturated carbocycles. The Hall–Kier alpha value is -1.59. The number of ether oxygens (including phenoxy) is 3. The van der Waals surface area contributed by atoms with E-state index in [-0.39, 0.29) is 31.1 Å². The van der Waals surface area contributed by atoms with Crippen LogP contribution in [0.3, 0.4) is 0 Å². The van der Waals surface area contributed by atoms with Crippen LogP contribution in [-0.4, -0.2) is 37.2 Å². The Morgan fingerprint density at radius 2 is 0.745 bits per heavy atom. The maximum atomic E-state index is 12.6. The summed E-state index contributed by atoms with van der Waals surface area (Å²) in [6, 6.07) is 0. The van der Waals surface area contributed by atoms with Crippen molar-refractivity contribution >= 4 is 17.9 Å². The summed E-state index contributed by atoms with van der Waals surface area (Å²) in [6.07, 6.45) is 29.6. The first-order valence-electron chi connectivity index (χ1n) is 20.3. The predicted molar refractivity (Wildman–Crippen MR) is 196 cm³/mol. The summed E-state index contributed by atoms with van der Waals surface area (Å²) in [7, 11) is 0. The minimum Gasteiger partial charge on any atom is -0.462 e. The van der Waals surface area contributed by atoms with Gasteiger partial charge in [-0.15, -0.1) is 0 Å². The first-order valence-corrected chi connectivity index (χ1v) is 20.3. The Labute approximate surface area is 291 Å². The molecule has 6 heteroatoms. The highest BCUT2D eigenvalue weighted by Crippen LogP contribution is 2.17. The Kier molecular flexibility index (Phi) is 33.1. The summed E-state index contributed by atoms with van der Waals surface area (Å²) in [6.45, 7) is 11.2. The lowest BCUT2D eigenvalue weighted by molar-refractivity contribution is -0.167. The van der Waals surface area contributed by atoms with Gasteiger partial charge in [-0.1, -0.05) is 176 Å². The number of hydrogen-bond acceptors (Lipinski definition) is 6. The minimum absolute atomic E-state index is 0.0674. The van der Waals surface area contributed by atoms with Gasteiger partial charge in [0.1, 0.15) is 13.2 Å². The van der Waals surface area contributed by atoms with Crippen molar-refractivity contribution in [1.29, 1.82) is 0 Å². The number of unbranched alkanes of at least 4 members (excludes halogenated alkanes) is 18. The molecule has 0 aromatic carbocycles. The lowest BCUT2D eigenvalue weighted by atomic mass is 9.99. The zero-order valence-corrected chi connectivity index (χ0v) is 31.9. The van der Waals surface area contributed by atoms with E-state index >= 15 is 0 Å². The molecule has 6 nitrogen and oxygen atoms in total. The van der Waals surface area contributed by atoms with Crippen LogP contribution in [0, 0.1) is 11.8 Å². The third kappa shape index (κ3) is 32.7. The van der Waals surface area contributed by atoms with E-state index < -0.39 is 6.10 Å². The summed E-state index contributed by atoms with van der Waals surface area (Å²) in [4.78, 5) is 37.3. The average molecular weight is 667 g/mol. The molecule has 278 valence electrons. The number of carbonyl (C=O) groups is 3. The third-order valence-corrected chi connectivity index (χ3v) is 9.69. The Morgan fingerprint density at radius 3 is 1.11 bits per heavy atom. The van der Waals surface area contributed by atoms with E-state index in [1.54, 1.807) is 0 Å². The number of hydrogen-bond donors (Lipinski definition) is 0. The molecule has 0 bridgehead atoms. The van der Waals surface area contributed by atoms with E-state index in [2.05, 4.69) is 34.6 Å². The standard InChI is InChI=1S/C41H78O6/c1-6-9-10-19-26-31-39(42)45-34-38(47-41(44)33-28-23-18-14-12-16-21-25-30-37(5)8-3)35-46-40(43)32-27-22-17-13-11-15-20-24-29-36(4)7-2/h36-38H,6-35H2,1-5H3/t36?,37?,38-/m0/s1. The summed E-state index contributed by atoms with van der Waals surface area (Å²) in [5.41, 5.74) is 0. The number of rotatable bonds is 35. The van der Waals surface area contributed by atoms with Crippen LogP contribution in [0.5, 0.6) is 0 Å². The van der Waals surface area contributed by atoms with Crippen LogP contribution in [0.25, 0.3) is 0 Å². The molecule has 0 aliphatic rings. The molecule has 0 aliphatic carbocycles. The molecule has 0 heterocycles. The zero-order chi connectivity index (χ0) is 34.8. The van der Waals surface area contributed by atoms with Crippen molar-refractivity contribution in [2.24, 2.45) is 11.8 Å². The van der Waals surface area contributed by atoms with Crippen molar-refractivity contribution in [2.45, 2.75) is 221 Å². The van der Waals surface area contributed by atoms with Crippen molar-refractivity contribution in [3.8, 4) is 0 Å². The van der Waals surface area contributed by atoms with Gasteiger partial charge in [0.25, 0.3) is 0 Å². The smallest absolute Gasteiger partial charge is 0.306 e. The first kappa shape index (κ1) is 45.4. The summed E-state index contributed by atoms with van der Waals surface area (Å²) < 4.78 is 16.5. The zero-order valence-electron chi connectivity index (χ0n) is 31.9. The fourth-order valence-corrected chi connectivity index (χ4v) is 5.80. The lowest BCUT2D eigenvalue weighted by Crippen LogP contribution is -2.30. The highest BCUT2D eigenvalue weighted by atomic mass is 16.6. The van der Waals surface area contributed by atoms with Crippen molar-refractivity contribution in [3.05, 3.63) is 0 Å². The van der Waals surface area contributed by atoms with Crippen LogP contribution in [0.2, 0.25) is 0 Å². The Balaban J connectivity index is 4.28. The fraction of sp³-hybridized carbons (Fsp3) is 0.927. The second-order valence-electron chi connectivity index (χ2n) is 14.4. The summed E-state index contributed by atoms with van der Waals surface area (Å²) in [5, 5.41) is 0. The van der Waals surface area contributed by atoms with Crippen LogP contribution in [0.15, 0.2) is 0 Å². The lowest BCUT2D eigenvalue weighted by Gasteiger charge is -2.18. The third-order valence-electron chi connectivity index (χ3n) is 9.69. The molecule has 0 aromatic rings.